The van der Waals surface area contributed by atoms with Crippen LogP contribution in [-0.2, 0) is 110 Å². The molecule has 12 rings (SSSR count). The molecule has 0 radical (unpaired) electrons. The zero-order valence-corrected chi connectivity index (χ0v) is 87.3. The summed E-state index contributed by atoms with van der Waals surface area (Å²) in [5, 5.41) is 10.5. The molecule has 694 valence electrons. The molecule has 0 unspecified atom stereocenters. The zero-order chi connectivity index (χ0) is 95.8. The van der Waals surface area contributed by atoms with Crippen molar-refractivity contribution in [2.45, 2.75) is 453 Å². The lowest BCUT2D eigenvalue weighted by Crippen LogP contribution is -2.46. The first-order chi connectivity index (χ1) is 55.7. The van der Waals surface area contributed by atoms with Gasteiger partial charge >= 0.3 is 41.6 Å². The van der Waals surface area contributed by atoms with Crippen LogP contribution in [0.25, 0.3) is 0 Å². The quantitative estimate of drug-likeness (QED) is 0.0817. The fourth-order valence-corrected chi connectivity index (χ4v) is 17.1. The highest BCUT2D eigenvalue weighted by molar-refractivity contribution is 7.89. The summed E-state index contributed by atoms with van der Waals surface area (Å²) < 4.78 is 102. The van der Waals surface area contributed by atoms with Gasteiger partial charge in [0.2, 0.25) is 10.0 Å². The van der Waals surface area contributed by atoms with E-state index in [0.29, 0.717) is 22.4 Å². The monoisotopic (exact) mass is 1750 g/mol. The van der Waals surface area contributed by atoms with Gasteiger partial charge in [0.1, 0.15) is 5.60 Å². The average Bonchev–Trinajstić information content (AvgIpc) is 1.67. The van der Waals surface area contributed by atoms with Crippen LogP contribution >= 0.6 is 0 Å². The van der Waals surface area contributed by atoms with E-state index in [9.17, 15) is 18.3 Å². The molecule has 125 heavy (non-hydrogen) atoms. The normalized spacial score (nSPS) is 21.7. The summed E-state index contributed by atoms with van der Waals surface area (Å²) in [5.41, 5.74) is 8.92. The number of hydrogen-bond acceptors (Lipinski definition) is 16. The average molecular weight is 1750 g/mol. The van der Waals surface area contributed by atoms with Gasteiger partial charge in [0.05, 0.1) is 77.7 Å². The molecule has 5 aromatic rings. The number of sulfonamides is 1. The lowest BCUT2D eigenvalue weighted by Gasteiger charge is -2.35. The van der Waals surface area contributed by atoms with Crippen molar-refractivity contribution in [1.29, 1.82) is 0 Å². The second-order valence-corrected chi connectivity index (χ2v) is 51.1. The van der Waals surface area contributed by atoms with Crippen LogP contribution in [0.1, 0.15) is 392 Å². The molecule has 23 heteroatoms. The molecule has 0 bridgehead atoms. The minimum absolute atomic E-state index is 0.0142. The SMILES string of the molecule is CC(C)(C)OC(=O)c1cc(B2OC(C)(C)C(C)(C)O2)cc(C(C)(C)C)c1.CC(C)(C)c1cc(B2OC(C)(C)C(C)(C)O2)cc(C(C)(C)O)c1.CC(C)(C)c1cc(B2OC(C)(C)C(C)(C)O2)cc(C2(C)CC2)c1.CCN(C(C)(C)C)S(=O)(=O)c1ccc(B2OC(C)(C)C(C)(C)O2)cc1C(C)(C)C.COC(C)(C)c1cc(B2OC(C)(C)C(C)(C)O2)cc(C2(C)CC2)c1. The highest BCUT2D eigenvalue weighted by Gasteiger charge is 2.58. The van der Waals surface area contributed by atoms with E-state index >= 15 is 0 Å². The predicted octanol–water partition coefficient (Wildman–Crippen LogP) is 20.1. The third-order valence-electron chi connectivity index (χ3n) is 28.4. The second kappa shape index (κ2) is 34.7. The van der Waals surface area contributed by atoms with Crippen molar-refractivity contribution in [2.24, 2.45) is 0 Å². The fraction of sp³-hybridized carbons (Fsp3) is 0.696. The number of nitrogens with zero attached hydrogens (tertiary/aromatic N) is 1. The summed E-state index contributed by atoms with van der Waals surface area (Å²) in [6, 6.07) is 31.2. The van der Waals surface area contributed by atoms with Crippen LogP contribution in [-0.4, -0.2) is 140 Å². The van der Waals surface area contributed by atoms with Crippen LogP contribution in [0, 0.1) is 0 Å². The van der Waals surface area contributed by atoms with Gasteiger partial charge in [-0.15, -0.1) is 0 Å². The summed E-state index contributed by atoms with van der Waals surface area (Å²) >= 11 is 0. The molecule has 2 saturated carbocycles. The zero-order valence-electron chi connectivity index (χ0n) is 86.5. The van der Waals surface area contributed by atoms with E-state index in [0.717, 1.165) is 38.5 Å². The minimum Gasteiger partial charge on any atom is -0.456 e. The molecule has 0 atom stereocenters. The van der Waals surface area contributed by atoms with Gasteiger partial charge in [-0.05, 0) is 356 Å². The van der Waals surface area contributed by atoms with Crippen molar-refractivity contribution >= 4 is 78.9 Å². The van der Waals surface area contributed by atoms with E-state index in [1.54, 1.807) is 17.5 Å². The first kappa shape index (κ1) is 106. The van der Waals surface area contributed by atoms with E-state index in [2.05, 4.69) is 228 Å². The van der Waals surface area contributed by atoms with Gasteiger partial charge in [0.15, 0.2) is 0 Å². The summed E-state index contributed by atoms with van der Waals surface area (Å²) in [5.74, 6) is -0.332. The van der Waals surface area contributed by atoms with Gasteiger partial charge in [0, 0.05) is 19.2 Å². The first-order valence-electron chi connectivity index (χ1n) is 45.8. The highest BCUT2D eigenvalue weighted by Crippen LogP contribution is 2.51. The summed E-state index contributed by atoms with van der Waals surface area (Å²) in [6.45, 7) is 93.2. The minimum atomic E-state index is -3.66. The Morgan fingerprint density at radius 1 is 0.368 bits per heavy atom. The van der Waals surface area contributed by atoms with E-state index in [4.69, 9.17) is 56.0 Å². The number of benzene rings is 5. The van der Waals surface area contributed by atoms with Gasteiger partial charge in [-0.25, -0.2) is 13.2 Å². The Hall–Kier alpha value is -4.68. The smallest absolute Gasteiger partial charge is 0.456 e. The number of esters is 1. The Morgan fingerprint density at radius 2 is 0.648 bits per heavy atom. The molecule has 5 aromatic carbocycles. The second-order valence-electron chi connectivity index (χ2n) is 49.3. The Kier molecular flexibility index (Phi) is 29.4. The molecule has 1 N–H and O–H groups in total. The van der Waals surface area contributed by atoms with Crippen molar-refractivity contribution in [3.8, 4) is 0 Å². The molecular weight excluding hydrogens is 1580 g/mol. The third-order valence-corrected chi connectivity index (χ3v) is 30.7. The van der Waals surface area contributed by atoms with Crippen LogP contribution in [0.4, 0.5) is 0 Å². The van der Waals surface area contributed by atoms with Crippen LogP contribution in [0.15, 0.2) is 95.9 Å². The van der Waals surface area contributed by atoms with Crippen LogP contribution in [0.2, 0.25) is 0 Å². The molecule has 5 heterocycles. The number of hydrogen-bond donors (Lipinski definition) is 1. The Bertz CT molecular complexity index is 4570. The molecule has 5 saturated heterocycles. The molecule has 7 aliphatic rings. The third kappa shape index (κ3) is 24.1. The van der Waals surface area contributed by atoms with Crippen molar-refractivity contribution in [2.75, 3.05) is 13.7 Å². The molecule has 2 aliphatic carbocycles. The Labute approximate surface area is 760 Å². The van der Waals surface area contributed by atoms with Crippen molar-refractivity contribution < 1.29 is 74.3 Å². The van der Waals surface area contributed by atoms with E-state index in [1.807, 2.05) is 169 Å². The molecular formula is C102H164B5NO16S. The summed E-state index contributed by atoms with van der Waals surface area (Å²) in [4.78, 5) is 13.0. The molecule has 0 aromatic heterocycles. The molecule has 5 aliphatic heterocycles. The van der Waals surface area contributed by atoms with Gasteiger partial charge in [-0.2, -0.15) is 4.31 Å². The van der Waals surface area contributed by atoms with Crippen LogP contribution in [0.5, 0.6) is 0 Å². The summed E-state index contributed by atoms with van der Waals surface area (Å²) in [6.07, 6.45) is 5.05. The Balaban J connectivity index is 0.000000194. The molecule has 7 fully saturated rings. The van der Waals surface area contributed by atoms with Gasteiger partial charge < -0.3 is 61.1 Å². The van der Waals surface area contributed by atoms with Crippen molar-refractivity contribution in [1.82, 2.24) is 4.31 Å². The van der Waals surface area contributed by atoms with E-state index in [1.165, 1.54) is 59.0 Å². The van der Waals surface area contributed by atoms with Crippen LogP contribution in [0.3, 0.4) is 0 Å². The lowest BCUT2D eigenvalue weighted by atomic mass is 9.73. The number of methoxy groups -OCH3 is 1. The lowest BCUT2D eigenvalue weighted by molar-refractivity contribution is 0.00578. The van der Waals surface area contributed by atoms with Crippen molar-refractivity contribution in [3.63, 3.8) is 0 Å². The standard InChI is InChI=1S/C22H38BNO4S.C21H33BO4.C20H31BO3.C20H31BO2.C19H31BO3/c1-12-24(20(5,6)7)29(25,26)18-14-13-16(15-17(18)19(2,3)4)23-27-21(8,9)22(10,11)28-23;1-18(2,3)15-11-14(17(23)24-19(4,5)6)12-16(13-15)22-25-20(7,8)21(9,10)26-22;1-17(2,22-8)14-11-15(20(7)9-10-20)13-16(12-14)21-23-18(3,4)19(5,6)24-21;1-17(2,3)14-11-15(20(8)9-10-20)13-16(12-14)21-22-18(4,5)19(6,7)23-21;1-16(2,3)13-10-14(17(4,5)21)12-15(11-13)20-22-18(6,7)19(8,9)23-20/h13-15H,12H2,1-11H3;11-13H,1-10H3;11-13H,9-10H2,1-8H3;11-13H,9-10H2,1-8H3;10-12,21H,1-9H3. The first-order valence-corrected chi connectivity index (χ1v) is 47.3. The number of carbonyl (C=O) groups excluding carboxylic acids is 1. The van der Waals surface area contributed by atoms with Gasteiger partial charge in [-0.3, -0.25) is 0 Å². The largest absolute Gasteiger partial charge is 0.494 e. The van der Waals surface area contributed by atoms with Crippen molar-refractivity contribution in [3.05, 3.63) is 141 Å². The van der Waals surface area contributed by atoms with E-state index < -0.39 is 70.5 Å². The van der Waals surface area contributed by atoms with Gasteiger partial charge in [-0.1, -0.05) is 177 Å². The number of ether oxygens (including phenoxy) is 2. The fourth-order valence-electron chi connectivity index (χ4n) is 14.9. The van der Waals surface area contributed by atoms with E-state index in [-0.39, 0.29) is 86.5 Å². The maximum Gasteiger partial charge on any atom is 0.494 e. The number of carbonyl (C=O) groups is 1. The predicted molar refractivity (Wildman–Crippen MR) is 519 cm³/mol. The molecule has 0 amide bonds. The molecule has 0 spiro atoms. The topological polar surface area (TPSA) is 185 Å². The number of aliphatic hydroxyl groups is 1. The Morgan fingerprint density at radius 3 is 0.928 bits per heavy atom. The number of rotatable bonds is 14. The van der Waals surface area contributed by atoms with Crippen LogP contribution < -0.4 is 27.3 Å². The highest BCUT2D eigenvalue weighted by atomic mass is 32.2. The maximum atomic E-state index is 13.6. The summed E-state index contributed by atoms with van der Waals surface area (Å²) in [7, 11) is -3.95. The van der Waals surface area contributed by atoms with Gasteiger partial charge in [0.25, 0.3) is 0 Å². The maximum absolute atomic E-state index is 13.6. The molecule has 17 nitrogen and oxygen atoms in total.